The summed E-state index contributed by atoms with van der Waals surface area (Å²) in [5.74, 6) is 1.08. The average molecular weight is 511 g/mol. The van der Waals surface area contributed by atoms with Crippen LogP contribution in [0.2, 0.25) is 13.3 Å². The quantitative estimate of drug-likeness (QED) is 0.399. The second-order valence-corrected chi connectivity index (χ2v) is 21.8. The number of thiazole rings is 1. The fourth-order valence-corrected chi connectivity index (χ4v) is 20.0. The van der Waals surface area contributed by atoms with Crippen molar-refractivity contribution in [3.8, 4) is 0 Å². The number of rotatable bonds is 11. The van der Waals surface area contributed by atoms with Gasteiger partial charge in [0.25, 0.3) is 0 Å². The molecule has 0 saturated carbocycles. The number of nitrogens with zero attached hydrogens (tertiary/aromatic N) is 4. The summed E-state index contributed by atoms with van der Waals surface area (Å²) in [7, 11) is 0. The van der Waals surface area contributed by atoms with Crippen LogP contribution < -0.4 is 8.74 Å². The Bertz CT molecular complexity index is 710. The molecule has 1 fully saturated rings. The van der Waals surface area contributed by atoms with Gasteiger partial charge in [0, 0.05) is 0 Å². The summed E-state index contributed by atoms with van der Waals surface area (Å²) >= 11 is -0.972. The van der Waals surface area contributed by atoms with Crippen molar-refractivity contribution in [3.05, 3.63) is 5.51 Å². The molecule has 0 bridgehead atoms. The van der Waals surface area contributed by atoms with Crippen molar-refractivity contribution in [1.82, 2.24) is 15.0 Å². The zero-order chi connectivity index (χ0) is 19.8. The number of unbranched alkanes of at least 4 members (excludes halogenated alkanes) is 3. The number of aromatic nitrogens is 3. The Kier molecular flexibility index (Phi) is 8.78. The number of fused-ring (bicyclic) bond motifs is 1. The summed E-state index contributed by atoms with van der Waals surface area (Å²) < 4.78 is 11.1. The summed E-state index contributed by atoms with van der Waals surface area (Å²) in [4.78, 5) is 18.6. The van der Waals surface area contributed by atoms with Crippen LogP contribution in [0.5, 0.6) is 0 Å². The minimum absolute atomic E-state index is 0.779. The van der Waals surface area contributed by atoms with Gasteiger partial charge in [0.15, 0.2) is 0 Å². The Morgan fingerprint density at radius 3 is 2.14 bits per heavy atom. The van der Waals surface area contributed by atoms with Crippen LogP contribution in [-0.2, 0) is 4.74 Å². The Morgan fingerprint density at radius 2 is 1.57 bits per heavy atom. The standard InChI is InChI=1S/C9H9N4OS.3C4H9.Sn/c1-3-14-4-2-13(1)8-7-9(11-5-10-8)15-6-12-7;3*1-3-4-2;/h6H,1-4H2;3*1,3-4H2,2H3;. The molecule has 28 heavy (non-hydrogen) atoms. The first-order valence-corrected chi connectivity index (χ1v) is 19.5. The monoisotopic (exact) mass is 512 g/mol. The van der Waals surface area contributed by atoms with Gasteiger partial charge in [-0.2, -0.15) is 0 Å². The second kappa shape index (κ2) is 11.1. The predicted molar refractivity (Wildman–Crippen MR) is 123 cm³/mol. The molecule has 156 valence electrons. The summed E-state index contributed by atoms with van der Waals surface area (Å²) in [5, 5.41) is 0. The van der Waals surface area contributed by atoms with Gasteiger partial charge < -0.3 is 0 Å². The minimum atomic E-state index is -2.65. The first kappa shape index (κ1) is 22.2. The molecule has 0 aliphatic carbocycles. The van der Waals surface area contributed by atoms with Gasteiger partial charge in [-0.15, -0.1) is 0 Å². The number of hydrogen-bond donors (Lipinski definition) is 0. The van der Waals surface area contributed by atoms with Crippen molar-refractivity contribution in [2.75, 3.05) is 31.2 Å². The van der Waals surface area contributed by atoms with E-state index in [0.29, 0.717) is 0 Å². The molecule has 1 aliphatic rings. The van der Waals surface area contributed by atoms with Crippen molar-refractivity contribution in [2.24, 2.45) is 0 Å². The predicted octanol–water partition coefficient (Wildman–Crippen LogP) is 4.98. The van der Waals surface area contributed by atoms with Gasteiger partial charge in [-0.1, -0.05) is 0 Å². The Balaban J connectivity index is 2.06. The van der Waals surface area contributed by atoms with Crippen LogP contribution in [0.15, 0.2) is 5.51 Å². The molecule has 0 unspecified atom stereocenters. The molecule has 3 heterocycles. The van der Waals surface area contributed by atoms with Crippen LogP contribution in [-0.4, -0.2) is 59.6 Å². The van der Waals surface area contributed by atoms with Crippen molar-refractivity contribution >= 4 is 49.7 Å². The molecule has 0 radical (unpaired) electrons. The van der Waals surface area contributed by atoms with E-state index in [2.05, 4.69) is 30.7 Å². The maximum atomic E-state index is 5.58. The molecule has 0 aromatic carbocycles. The van der Waals surface area contributed by atoms with E-state index in [1.165, 1.54) is 55.7 Å². The zero-order valence-corrected chi connectivity index (χ0v) is 21.5. The SMILES string of the molecule is CCC[CH2][Sn]([CH2]CCC)([CH2]CCC)[c]1nc(N2CCOCC2)c2ncsc2n1. The molecule has 0 amide bonds. The fraction of sp³-hybridized carbons (Fsp3) is 0.762. The summed E-state index contributed by atoms with van der Waals surface area (Å²) in [6, 6.07) is 0. The molecule has 5 nitrogen and oxygen atoms in total. The van der Waals surface area contributed by atoms with Crippen LogP contribution >= 0.6 is 11.3 Å². The van der Waals surface area contributed by atoms with Crippen molar-refractivity contribution in [3.63, 3.8) is 0 Å². The van der Waals surface area contributed by atoms with Crippen molar-refractivity contribution in [1.29, 1.82) is 0 Å². The number of hydrogen-bond acceptors (Lipinski definition) is 6. The molecule has 1 saturated heterocycles. The molecule has 7 heteroatoms. The molecular weight excluding hydrogens is 475 g/mol. The van der Waals surface area contributed by atoms with E-state index < -0.39 is 18.4 Å². The number of ether oxygens (including phenoxy) is 1. The molecule has 2 aromatic heterocycles. The molecule has 0 N–H and O–H groups in total. The Morgan fingerprint density at radius 1 is 0.964 bits per heavy atom. The fourth-order valence-electron chi connectivity index (χ4n) is 4.24. The summed E-state index contributed by atoms with van der Waals surface area (Å²) in [5.41, 5.74) is 2.94. The van der Waals surface area contributed by atoms with Gasteiger partial charge in [-0.05, 0) is 0 Å². The van der Waals surface area contributed by atoms with Gasteiger partial charge in [0.2, 0.25) is 0 Å². The van der Waals surface area contributed by atoms with E-state index in [-0.39, 0.29) is 0 Å². The van der Waals surface area contributed by atoms with E-state index in [4.69, 9.17) is 14.7 Å². The van der Waals surface area contributed by atoms with Gasteiger partial charge >= 0.3 is 179 Å². The van der Waals surface area contributed by atoms with E-state index in [0.717, 1.165) is 42.5 Å². The third-order valence-corrected chi connectivity index (χ3v) is 21.3. The Labute approximate surface area is 178 Å². The first-order valence-electron chi connectivity index (χ1n) is 11.2. The molecule has 1 aliphatic heterocycles. The van der Waals surface area contributed by atoms with Gasteiger partial charge in [-0.25, -0.2) is 0 Å². The van der Waals surface area contributed by atoms with E-state index in [1.807, 2.05) is 5.51 Å². The van der Waals surface area contributed by atoms with E-state index in [1.54, 1.807) is 11.3 Å². The molecule has 3 rings (SSSR count). The van der Waals surface area contributed by atoms with Crippen LogP contribution in [0.25, 0.3) is 10.3 Å². The normalized spacial score (nSPS) is 15.5. The topological polar surface area (TPSA) is 51.1 Å². The second-order valence-electron chi connectivity index (χ2n) is 8.07. The molecule has 0 atom stereocenters. The average Bonchev–Trinajstić information content (AvgIpc) is 3.22. The molecular formula is C21H36N4OSSn. The maximum absolute atomic E-state index is 5.58. The van der Waals surface area contributed by atoms with Gasteiger partial charge in [-0.3, -0.25) is 0 Å². The molecule has 2 aromatic rings. The number of morpholine rings is 1. The van der Waals surface area contributed by atoms with Gasteiger partial charge in [0.1, 0.15) is 0 Å². The summed E-state index contributed by atoms with van der Waals surface area (Å²) in [6.45, 7) is 10.3. The van der Waals surface area contributed by atoms with Crippen LogP contribution in [0.1, 0.15) is 59.3 Å². The van der Waals surface area contributed by atoms with Crippen molar-refractivity contribution in [2.45, 2.75) is 72.6 Å². The third kappa shape index (κ3) is 5.17. The van der Waals surface area contributed by atoms with E-state index in [9.17, 15) is 0 Å². The van der Waals surface area contributed by atoms with Crippen molar-refractivity contribution < 1.29 is 4.74 Å². The van der Waals surface area contributed by atoms with Gasteiger partial charge in [0.05, 0.1) is 0 Å². The number of anilines is 1. The van der Waals surface area contributed by atoms with Crippen LogP contribution in [0.3, 0.4) is 0 Å². The molecule has 0 spiro atoms. The third-order valence-electron chi connectivity index (χ3n) is 5.99. The van der Waals surface area contributed by atoms with E-state index >= 15 is 0 Å². The Hall–Kier alpha value is -0.471. The zero-order valence-electron chi connectivity index (χ0n) is 17.9. The van der Waals surface area contributed by atoms with Crippen LogP contribution in [0.4, 0.5) is 5.82 Å². The first-order chi connectivity index (χ1) is 13.7. The summed E-state index contributed by atoms with van der Waals surface area (Å²) in [6.07, 6.45) is 7.82. The van der Waals surface area contributed by atoms with Crippen LogP contribution in [0, 0.1) is 0 Å².